The monoisotopic (exact) mass is 308 g/mol. The van der Waals surface area contributed by atoms with E-state index in [4.69, 9.17) is 0 Å². The number of fused-ring (bicyclic) bond motifs is 2. The van der Waals surface area contributed by atoms with Crippen LogP contribution in [0.25, 0.3) is 12.2 Å². The molecule has 2 bridgehead atoms. The molecule has 2 fully saturated rings. The molecule has 0 radical (unpaired) electrons. The maximum atomic E-state index is 13.4. The Bertz CT molecular complexity index is 766. The standard InChI is InChI=1S/C21H18F2/c22-18-8-15(9-19(23)13-18)11-21-17-7-6-16(12-17)20(21)10-14-4-2-1-3-5-14/h1-5,8-11,13,16-17H,6-7,12H2/b20-10+,21-11-/t16-,17+/m1/s1. The van der Waals surface area contributed by atoms with Gasteiger partial charge in [0.2, 0.25) is 0 Å². The van der Waals surface area contributed by atoms with E-state index in [9.17, 15) is 8.78 Å². The first-order chi connectivity index (χ1) is 11.2. The summed E-state index contributed by atoms with van der Waals surface area (Å²) in [7, 11) is 0. The fourth-order valence-corrected chi connectivity index (χ4v) is 3.99. The van der Waals surface area contributed by atoms with Gasteiger partial charge in [0.1, 0.15) is 11.6 Å². The van der Waals surface area contributed by atoms with E-state index in [1.165, 1.54) is 48.1 Å². The van der Waals surface area contributed by atoms with E-state index in [1.54, 1.807) is 0 Å². The van der Waals surface area contributed by atoms with E-state index in [2.05, 4.69) is 18.2 Å². The Morgan fingerprint density at radius 2 is 1.30 bits per heavy atom. The molecule has 2 atom stereocenters. The van der Waals surface area contributed by atoms with Crippen molar-refractivity contribution in [2.45, 2.75) is 19.3 Å². The molecule has 2 saturated carbocycles. The second-order valence-corrected chi connectivity index (χ2v) is 6.52. The lowest BCUT2D eigenvalue weighted by Gasteiger charge is -2.18. The molecule has 4 rings (SSSR count). The molecule has 0 aliphatic heterocycles. The molecule has 2 aromatic rings. The Hall–Kier alpha value is -2.22. The minimum atomic E-state index is -0.520. The smallest absolute Gasteiger partial charge is 0.126 e. The Morgan fingerprint density at radius 1 is 0.739 bits per heavy atom. The lowest BCUT2D eigenvalue weighted by Crippen LogP contribution is -2.02. The van der Waals surface area contributed by atoms with Gasteiger partial charge in [0, 0.05) is 6.07 Å². The molecule has 23 heavy (non-hydrogen) atoms. The van der Waals surface area contributed by atoms with Crippen LogP contribution in [0.2, 0.25) is 0 Å². The average Bonchev–Trinajstić information content (AvgIpc) is 3.10. The van der Waals surface area contributed by atoms with Gasteiger partial charge in [-0.15, -0.1) is 0 Å². The lowest BCUT2D eigenvalue weighted by molar-refractivity contribution is 0.582. The van der Waals surface area contributed by atoms with E-state index >= 15 is 0 Å². The van der Waals surface area contributed by atoms with E-state index in [1.807, 2.05) is 24.3 Å². The second kappa shape index (κ2) is 5.77. The molecule has 2 aromatic carbocycles. The lowest BCUT2D eigenvalue weighted by atomic mass is 9.87. The van der Waals surface area contributed by atoms with Crippen molar-refractivity contribution in [1.29, 1.82) is 0 Å². The van der Waals surface area contributed by atoms with Crippen LogP contribution in [0.3, 0.4) is 0 Å². The maximum Gasteiger partial charge on any atom is 0.126 e. The molecule has 0 spiro atoms. The first-order valence-corrected chi connectivity index (χ1v) is 8.14. The van der Waals surface area contributed by atoms with Gasteiger partial charge in [-0.25, -0.2) is 8.78 Å². The highest BCUT2D eigenvalue weighted by Crippen LogP contribution is 2.52. The summed E-state index contributed by atoms with van der Waals surface area (Å²) >= 11 is 0. The maximum absolute atomic E-state index is 13.4. The van der Waals surface area contributed by atoms with Crippen LogP contribution in [0.1, 0.15) is 30.4 Å². The van der Waals surface area contributed by atoms with Gasteiger partial charge in [-0.05, 0) is 65.5 Å². The van der Waals surface area contributed by atoms with Gasteiger partial charge in [0.15, 0.2) is 0 Å². The van der Waals surface area contributed by atoms with Crippen LogP contribution in [-0.4, -0.2) is 0 Å². The van der Waals surface area contributed by atoms with E-state index in [0.717, 1.165) is 6.07 Å². The molecule has 0 unspecified atom stereocenters. The van der Waals surface area contributed by atoms with E-state index in [-0.39, 0.29) is 0 Å². The fraction of sp³-hybridized carbons (Fsp3) is 0.238. The van der Waals surface area contributed by atoms with Gasteiger partial charge in [-0.3, -0.25) is 0 Å². The van der Waals surface area contributed by atoms with Crippen molar-refractivity contribution in [3.63, 3.8) is 0 Å². The summed E-state index contributed by atoms with van der Waals surface area (Å²) in [5.41, 5.74) is 4.41. The van der Waals surface area contributed by atoms with Gasteiger partial charge < -0.3 is 0 Å². The zero-order chi connectivity index (χ0) is 15.8. The number of benzene rings is 2. The SMILES string of the molecule is Fc1cc(F)cc(/C=C2\C(=C\c3ccccc3)[C@@H]3CC[C@H]2C3)c1. The topological polar surface area (TPSA) is 0 Å². The predicted molar refractivity (Wildman–Crippen MR) is 89.6 cm³/mol. The third-order valence-electron chi connectivity index (χ3n) is 4.97. The van der Waals surface area contributed by atoms with Crippen molar-refractivity contribution in [2.24, 2.45) is 11.8 Å². The van der Waals surface area contributed by atoms with E-state index < -0.39 is 11.6 Å². The Morgan fingerprint density at radius 3 is 1.91 bits per heavy atom. The van der Waals surface area contributed by atoms with Crippen molar-refractivity contribution < 1.29 is 8.78 Å². The Balaban J connectivity index is 1.76. The molecule has 116 valence electrons. The first kappa shape index (κ1) is 14.4. The molecule has 2 aliphatic rings. The molecule has 0 heterocycles. The normalized spacial score (nSPS) is 26.3. The summed E-state index contributed by atoms with van der Waals surface area (Å²) in [4.78, 5) is 0. The minimum Gasteiger partial charge on any atom is -0.207 e. The number of allylic oxidation sites excluding steroid dienone is 2. The Kier molecular flexibility index (Phi) is 3.60. The van der Waals surface area contributed by atoms with Crippen LogP contribution < -0.4 is 0 Å². The molecule has 2 heteroatoms. The molecule has 0 saturated heterocycles. The van der Waals surface area contributed by atoms with Crippen LogP contribution in [0.4, 0.5) is 8.78 Å². The Labute approximate surface area is 135 Å². The molecule has 0 aromatic heterocycles. The van der Waals surface area contributed by atoms with Gasteiger partial charge >= 0.3 is 0 Å². The highest BCUT2D eigenvalue weighted by Gasteiger charge is 2.39. The van der Waals surface area contributed by atoms with Crippen molar-refractivity contribution in [2.75, 3.05) is 0 Å². The third-order valence-corrected chi connectivity index (χ3v) is 4.97. The quantitative estimate of drug-likeness (QED) is 0.651. The summed E-state index contributed by atoms with van der Waals surface area (Å²) in [5, 5.41) is 0. The molecule has 2 aliphatic carbocycles. The highest BCUT2D eigenvalue weighted by molar-refractivity contribution is 5.69. The molecular weight excluding hydrogens is 290 g/mol. The highest BCUT2D eigenvalue weighted by atomic mass is 19.1. The summed E-state index contributed by atoms with van der Waals surface area (Å²) < 4.78 is 26.9. The molecular formula is C21H18F2. The molecule has 0 N–H and O–H groups in total. The van der Waals surface area contributed by atoms with Gasteiger partial charge in [-0.2, -0.15) is 0 Å². The minimum absolute atomic E-state index is 0.520. The summed E-state index contributed by atoms with van der Waals surface area (Å²) in [6, 6.07) is 14.0. The zero-order valence-corrected chi connectivity index (χ0v) is 12.8. The van der Waals surface area contributed by atoms with Gasteiger partial charge in [0.05, 0.1) is 0 Å². The molecule has 0 nitrogen and oxygen atoms in total. The number of hydrogen-bond donors (Lipinski definition) is 0. The second-order valence-electron chi connectivity index (χ2n) is 6.52. The van der Waals surface area contributed by atoms with Crippen LogP contribution >= 0.6 is 0 Å². The van der Waals surface area contributed by atoms with Crippen molar-refractivity contribution in [3.8, 4) is 0 Å². The summed E-state index contributed by atoms with van der Waals surface area (Å²) in [6.07, 6.45) is 7.79. The predicted octanol–water partition coefficient (Wildman–Crippen LogP) is 5.86. The van der Waals surface area contributed by atoms with Crippen LogP contribution in [-0.2, 0) is 0 Å². The summed E-state index contributed by atoms with van der Waals surface area (Å²) in [6.45, 7) is 0. The first-order valence-electron chi connectivity index (χ1n) is 8.14. The third kappa shape index (κ3) is 2.86. The van der Waals surface area contributed by atoms with E-state index in [0.29, 0.717) is 17.4 Å². The van der Waals surface area contributed by atoms with Gasteiger partial charge in [0.25, 0.3) is 0 Å². The van der Waals surface area contributed by atoms with Crippen molar-refractivity contribution in [3.05, 3.63) is 82.4 Å². The summed E-state index contributed by atoms with van der Waals surface area (Å²) in [5.74, 6) is 0.0772. The fourth-order valence-electron chi connectivity index (χ4n) is 3.99. The average molecular weight is 308 g/mol. The number of hydrogen-bond acceptors (Lipinski definition) is 0. The van der Waals surface area contributed by atoms with Gasteiger partial charge in [-0.1, -0.05) is 42.5 Å². The van der Waals surface area contributed by atoms with Crippen molar-refractivity contribution in [1.82, 2.24) is 0 Å². The van der Waals surface area contributed by atoms with Crippen molar-refractivity contribution >= 4 is 12.2 Å². The largest absolute Gasteiger partial charge is 0.207 e. The van der Waals surface area contributed by atoms with Crippen LogP contribution in [0.5, 0.6) is 0 Å². The van der Waals surface area contributed by atoms with Crippen LogP contribution in [0.15, 0.2) is 59.7 Å². The van der Waals surface area contributed by atoms with Crippen LogP contribution in [0, 0.1) is 23.5 Å². The number of halogens is 2. The zero-order valence-electron chi connectivity index (χ0n) is 12.8. The molecule has 0 amide bonds. The number of rotatable bonds is 2.